The van der Waals surface area contributed by atoms with E-state index in [2.05, 4.69) is 9.72 Å². The fourth-order valence-corrected chi connectivity index (χ4v) is 1.96. The number of ether oxygens (including phenoxy) is 1. The van der Waals surface area contributed by atoms with Crippen LogP contribution in [0, 0.1) is 5.92 Å². The quantitative estimate of drug-likeness (QED) is 0.757. The molecule has 0 aliphatic heterocycles. The zero-order chi connectivity index (χ0) is 15.1. The minimum Gasteiger partial charge on any atom is -0.469 e. The molecular weight excluding hydrogens is 280 g/mol. The van der Waals surface area contributed by atoms with Crippen LogP contribution in [-0.4, -0.2) is 42.0 Å². The predicted molar refractivity (Wildman–Crippen MR) is 76.6 cm³/mol. The first kappa shape index (κ1) is 16.4. The van der Waals surface area contributed by atoms with Crippen molar-refractivity contribution in [1.29, 1.82) is 0 Å². The Morgan fingerprint density at radius 2 is 2.15 bits per heavy atom. The Bertz CT molecular complexity index is 477. The monoisotopic (exact) mass is 298 g/mol. The third-order valence-corrected chi connectivity index (χ3v) is 2.99. The van der Waals surface area contributed by atoms with Gasteiger partial charge in [0.1, 0.15) is 0 Å². The number of esters is 1. The van der Waals surface area contributed by atoms with E-state index in [4.69, 9.17) is 11.6 Å². The topological polar surface area (TPSA) is 59.5 Å². The molecule has 0 aliphatic rings. The van der Waals surface area contributed by atoms with E-state index in [1.807, 2.05) is 13.8 Å². The molecular formula is C14H19ClN2O3. The normalized spacial score (nSPS) is 10.4. The molecule has 1 rings (SSSR count). The molecule has 0 saturated heterocycles. The van der Waals surface area contributed by atoms with Crippen molar-refractivity contribution in [2.24, 2.45) is 5.92 Å². The molecule has 6 heteroatoms. The first-order valence-electron chi connectivity index (χ1n) is 6.41. The number of hydrogen-bond acceptors (Lipinski definition) is 4. The van der Waals surface area contributed by atoms with Gasteiger partial charge in [0.2, 0.25) is 0 Å². The van der Waals surface area contributed by atoms with Crippen LogP contribution in [0.2, 0.25) is 5.02 Å². The van der Waals surface area contributed by atoms with Crippen LogP contribution in [-0.2, 0) is 9.53 Å². The van der Waals surface area contributed by atoms with E-state index in [1.165, 1.54) is 19.5 Å². The SMILES string of the molecule is COC(=O)CCN(CC(C)C)C(=O)c1ccncc1Cl. The van der Waals surface area contributed by atoms with Gasteiger partial charge in [0.25, 0.3) is 5.91 Å². The van der Waals surface area contributed by atoms with Gasteiger partial charge < -0.3 is 9.64 Å². The Morgan fingerprint density at radius 1 is 1.45 bits per heavy atom. The number of nitrogens with zero attached hydrogens (tertiary/aromatic N) is 2. The third-order valence-electron chi connectivity index (χ3n) is 2.69. The van der Waals surface area contributed by atoms with E-state index in [0.717, 1.165) is 0 Å². The highest BCUT2D eigenvalue weighted by Gasteiger charge is 2.20. The summed E-state index contributed by atoms with van der Waals surface area (Å²) in [5, 5.41) is 0.310. The summed E-state index contributed by atoms with van der Waals surface area (Å²) >= 11 is 5.99. The fourth-order valence-electron chi connectivity index (χ4n) is 1.76. The average Bonchev–Trinajstić information content (AvgIpc) is 2.42. The Balaban J connectivity index is 2.84. The van der Waals surface area contributed by atoms with Crippen molar-refractivity contribution in [1.82, 2.24) is 9.88 Å². The maximum atomic E-state index is 12.5. The molecule has 20 heavy (non-hydrogen) atoms. The van der Waals surface area contributed by atoms with Gasteiger partial charge in [-0.2, -0.15) is 0 Å². The molecule has 0 saturated carbocycles. The first-order chi connectivity index (χ1) is 9.45. The molecule has 0 atom stereocenters. The second-order valence-electron chi connectivity index (χ2n) is 4.83. The summed E-state index contributed by atoms with van der Waals surface area (Å²) < 4.78 is 4.60. The van der Waals surface area contributed by atoms with Crippen LogP contribution in [0.25, 0.3) is 0 Å². The standard InChI is InChI=1S/C14H19ClN2O3/c1-10(2)9-17(7-5-13(18)20-3)14(19)11-4-6-16-8-12(11)15/h4,6,8,10H,5,7,9H2,1-3H3. The van der Waals surface area contributed by atoms with Gasteiger partial charge in [-0.25, -0.2) is 0 Å². The van der Waals surface area contributed by atoms with Gasteiger partial charge in [-0.05, 0) is 12.0 Å². The van der Waals surface area contributed by atoms with Crippen LogP contribution in [0.15, 0.2) is 18.5 Å². The minimum absolute atomic E-state index is 0.164. The van der Waals surface area contributed by atoms with Gasteiger partial charge >= 0.3 is 5.97 Å². The van der Waals surface area contributed by atoms with Gasteiger partial charge in [0.05, 0.1) is 24.1 Å². The van der Waals surface area contributed by atoms with E-state index in [9.17, 15) is 9.59 Å². The summed E-state index contributed by atoms with van der Waals surface area (Å²) in [5.74, 6) is -0.250. The molecule has 0 bridgehead atoms. The van der Waals surface area contributed by atoms with Crippen LogP contribution < -0.4 is 0 Å². The Labute approximate surface area is 123 Å². The lowest BCUT2D eigenvalue weighted by Crippen LogP contribution is -2.36. The molecule has 5 nitrogen and oxygen atoms in total. The molecule has 0 aliphatic carbocycles. The van der Waals surface area contributed by atoms with Crippen molar-refractivity contribution in [3.63, 3.8) is 0 Å². The summed E-state index contributed by atoms with van der Waals surface area (Å²) in [6.45, 7) is 4.87. The van der Waals surface area contributed by atoms with Gasteiger partial charge in [-0.3, -0.25) is 14.6 Å². The highest BCUT2D eigenvalue weighted by atomic mass is 35.5. The molecule has 0 N–H and O–H groups in total. The summed E-state index contributed by atoms with van der Waals surface area (Å²) in [5.41, 5.74) is 0.396. The highest BCUT2D eigenvalue weighted by molar-refractivity contribution is 6.33. The molecule has 1 heterocycles. The molecule has 1 aromatic heterocycles. The van der Waals surface area contributed by atoms with E-state index in [0.29, 0.717) is 23.7 Å². The predicted octanol–water partition coefficient (Wildman–Crippen LogP) is 2.40. The van der Waals surface area contributed by atoms with E-state index < -0.39 is 0 Å². The van der Waals surface area contributed by atoms with Gasteiger partial charge in [0.15, 0.2) is 0 Å². The third kappa shape index (κ3) is 4.81. The average molecular weight is 299 g/mol. The molecule has 1 amide bonds. The van der Waals surface area contributed by atoms with Crippen molar-refractivity contribution in [3.8, 4) is 0 Å². The summed E-state index contributed by atoms with van der Waals surface area (Å²) in [6.07, 6.45) is 3.12. The Hall–Kier alpha value is -1.62. The van der Waals surface area contributed by atoms with Crippen molar-refractivity contribution < 1.29 is 14.3 Å². The molecule has 0 unspecified atom stereocenters. The summed E-state index contributed by atoms with van der Waals surface area (Å²) in [6, 6.07) is 1.58. The maximum Gasteiger partial charge on any atom is 0.307 e. The van der Waals surface area contributed by atoms with Gasteiger partial charge in [-0.1, -0.05) is 25.4 Å². The number of aromatic nitrogens is 1. The van der Waals surface area contributed by atoms with E-state index in [-0.39, 0.29) is 24.2 Å². The van der Waals surface area contributed by atoms with Crippen LogP contribution >= 0.6 is 11.6 Å². The lowest BCUT2D eigenvalue weighted by atomic mass is 10.1. The number of carbonyl (C=O) groups excluding carboxylic acids is 2. The minimum atomic E-state index is -0.340. The summed E-state index contributed by atoms with van der Waals surface area (Å²) in [4.78, 5) is 29.2. The molecule has 0 aromatic carbocycles. The molecule has 1 aromatic rings. The highest BCUT2D eigenvalue weighted by Crippen LogP contribution is 2.17. The Kier molecular flexibility index (Phi) is 6.45. The second-order valence-corrected chi connectivity index (χ2v) is 5.23. The second kappa shape index (κ2) is 7.85. The number of methoxy groups -OCH3 is 1. The number of carbonyl (C=O) groups is 2. The van der Waals surface area contributed by atoms with Crippen LogP contribution in [0.5, 0.6) is 0 Å². The van der Waals surface area contributed by atoms with Gasteiger partial charge in [0, 0.05) is 25.5 Å². The molecule has 0 spiro atoms. The number of amides is 1. The largest absolute Gasteiger partial charge is 0.469 e. The Morgan fingerprint density at radius 3 is 2.70 bits per heavy atom. The lowest BCUT2D eigenvalue weighted by molar-refractivity contribution is -0.140. The van der Waals surface area contributed by atoms with Crippen molar-refractivity contribution in [2.45, 2.75) is 20.3 Å². The van der Waals surface area contributed by atoms with Crippen LogP contribution in [0.3, 0.4) is 0 Å². The molecule has 0 radical (unpaired) electrons. The van der Waals surface area contributed by atoms with Crippen LogP contribution in [0.1, 0.15) is 30.6 Å². The lowest BCUT2D eigenvalue weighted by Gasteiger charge is -2.24. The van der Waals surface area contributed by atoms with E-state index >= 15 is 0 Å². The molecule has 0 fully saturated rings. The fraction of sp³-hybridized carbons (Fsp3) is 0.500. The zero-order valence-corrected chi connectivity index (χ0v) is 12.7. The van der Waals surface area contributed by atoms with Crippen molar-refractivity contribution >= 4 is 23.5 Å². The number of pyridine rings is 1. The number of hydrogen-bond donors (Lipinski definition) is 0. The smallest absolute Gasteiger partial charge is 0.307 e. The summed E-state index contributed by atoms with van der Waals surface area (Å²) in [7, 11) is 1.33. The number of halogens is 1. The number of rotatable bonds is 6. The van der Waals surface area contributed by atoms with Crippen molar-refractivity contribution in [3.05, 3.63) is 29.0 Å². The van der Waals surface area contributed by atoms with Gasteiger partial charge in [-0.15, -0.1) is 0 Å². The first-order valence-corrected chi connectivity index (χ1v) is 6.79. The zero-order valence-electron chi connectivity index (χ0n) is 11.9. The van der Waals surface area contributed by atoms with Crippen molar-refractivity contribution in [2.75, 3.05) is 20.2 Å². The maximum absolute atomic E-state index is 12.5. The van der Waals surface area contributed by atoms with Crippen LogP contribution in [0.4, 0.5) is 0 Å². The molecule has 110 valence electrons. The van der Waals surface area contributed by atoms with E-state index in [1.54, 1.807) is 11.0 Å².